The number of piperidine rings is 1. The van der Waals surface area contributed by atoms with Crippen LogP contribution in [0.1, 0.15) is 31.6 Å². The Morgan fingerprint density at radius 3 is 2.85 bits per heavy atom. The lowest BCUT2D eigenvalue weighted by Crippen LogP contribution is -2.32. The molecule has 1 aliphatic rings. The number of nitrogens with zero attached hydrogens (tertiary/aromatic N) is 4. The van der Waals surface area contributed by atoms with Gasteiger partial charge in [0.15, 0.2) is 5.82 Å². The second-order valence-electron chi connectivity index (χ2n) is 3.78. The highest BCUT2D eigenvalue weighted by Gasteiger charge is 2.22. The molecule has 1 aromatic rings. The van der Waals surface area contributed by atoms with Gasteiger partial charge >= 0.3 is 0 Å². The summed E-state index contributed by atoms with van der Waals surface area (Å²) in [7, 11) is 1.79. The topological polar surface area (TPSA) is 55.6 Å². The molecule has 0 spiro atoms. The van der Waals surface area contributed by atoms with Crippen LogP contribution in [0.3, 0.4) is 0 Å². The van der Waals surface area contributed by atoms with Crippen LogP contribution >= 0.6 is 0 Å². The predicted octanol–water partition coefficient (Wildman–Crippen LogP) is 0.271. The van der Waals surface area contributed by atoms with Gasteiger partial charge < -0.3 is 5.32 Å². The first-order valence-electron chi connectivity index (χ1n) is 4.73. The molecule has 72 valence electrons. The lowest BCUT2D eigenvalue weighted by Gasteiger charge is -2.25. The van der Waals surface area contributed by atoms with Crippen molar-refractivity contribution in [1.29, 1.82) is 0 Å². The van der Waals surface area contributed by atoms with E-state index in [1.165, 1.54) is 11.2 Å². The number of rotatable bonds is 1. The highest BCUT2D eigenvalue weighted by atomic mass is 15.6. The Hall–Kier alpha value is -0.970. The Morgan fingerprint density at radius 2 is 2.31 bits per heavy atom. The molecule has 2 heterocycles. The van der Waals surface area contributed by atoms with Crippen LogP contribution in [0.2, 0.25) is 0 Å². The zero-order chi connectivity index (χ0) is 9.26. The fourth-order valence-electron chi connectivity index (χ4n) is 1.66. The van der Waals surface area contributed by atoms with Gasteiger partial charge in [-0.05, 0) is 30.5 Å². The van der Waals surface area contributed by atoms with Crippen LogP contribution in [0, 0.1) is 5.92 Å². The molecule has 2 unspecified atom stereocenters. The van der Waals surface area contributed by atoms with Gasteiger partial charge in [0, 0.05) is 0 Å². The summed E-state index contributed by atoms with van der Waals surface area (Å²) in [6.07, 6.45) is 2.36. The van der Waals surface area contributed by atoms with Crippen LogP contribution in [0.15, 0.2) is 0 Å². The van der Waals surface area contributed by atoms with Gasteiger partial charge in [-0.25, -0.2) is 0 Å². The van der Waals surface area contributed by atoms with Crippen molar-refractivity contribution in [2.24, 2.45) is 13.0 Å². The number of hydrogen-bond acceptors (Lipinski definition) is 4. The molecule has 1 fully saturated rings. The largest absolute Gasteiger partial charge is 0.307 e. The van der Waals surface area contributed by atoms with Gasteiger partial charge in [0.2, 0.25) is 0 Å². The Kier molecular flexibility index (Phi) is 2.26. The minimum Gasteiger partial charge on any atom is -0.307 e. The summed E-state index contributed by atoms with van der Waals surface area (Å²) < 4.78 is 0. The fourth-order valence-corrected chi connectivity index (χ4v) is 1.66. The zero-order valence-corrected chi connectivity index (χ0v) is 8.06. The highest BCUT2D eigenvalue weighted by Crippen LogP contribution is 2.22. The van der Waals surface area contributed by atoms with E-state index >= 15 is 0 Å². The third kappa shape index (κ3) is 1.85. The molecule has 1 N–H and O–H groups in total. The first-order valence-corrected chi connectivity index (χ1v) is 4.73. The third-order valence-electron chi connectivity index (χ3n) is 2.50. The lowest BCUT2D eigenvalue weighted by molar-refractivity contribution is 0.323. The van der Waals surface area contributed by atoms with Gasteiger partial charge in [-0.15, -0.1) is 10.2 Å². The molecular weight excluding hydrogens is 166 g/mol. The lowest BCUT2D eigenvalue weighted by atomic mass is 9.96. The maximum atomic E-state index is 4.19. The predicted molar refractivity (Wildman–Crippen MR) is 47.9 cm³/mol. The van der Waals surface area contributed by atoms with E-state index in [2.05, 4.69) is 27.7 Å². The van der Waals surface area contributed by atoms with E-state index in [1.807, 2.05) is 0 Å². The van der Waals surface area contributed by atoms with E-state index in [-0.39, 0.29) is 0 Å². The van der Waals surface area contributed by atoms with Gasteiger partial charge in [-0.2, -0.15) is 4.80 Å². The van der Waals surface area contributed by atoms with Crippen LogP contribution in [-0.4, -0.2) is 26.8 Å². The van der Waals surface area contributed by atoms with Crippen LogP contribution in [-0.2, 0) is 7.05 Å². The van der Waals surface area contributed by atoms with E-state index in [0.29, 0.717) is 6.04 Å². The van der Waals surface area contributed by atoms with E-state index in [4.69, 9.17) is 0 Å². The monoisotopic (exact) mass is 181 g/mol. The van der Waals surface area contributed by atoms with Crippen molar-refractivity contribution in [1.82, 2.24) is 25.5 Å². The van der Waals surface area contributed by atoms with Crippen molar-refractivity contribution in [3.8, 4) is 0 Å². The molecule has 0 bridgehead atoms. The fraction of sp³-hybridized carbons (Fsp3) is 0.875. The summed E-state index contributed by atoms with van der Waals surface area (Å²) in [5.74, 6) is 1.60. The zero-order valence-electron chi connectivity index (χ0n) is 8.06. The minimum absolute atomic E-state index is 0.310. The molecule has 0 aromatic carbocycles. The third-order valence-corrected chi connectivity index (χ3v) is 2.50. The van der Waals surface area contributed by atoms with Gasteiger partial charge in [0.1, 0.15) is 0 Å². The summed E-state index contributed by atoms with van der Waals surface area (Å²) >= 11 is 0. The summed E-state index contributed by atoms with van der Waals surface area (Å²) in [6.45, 7) is 3.32. The molecule has 0 radical (unpaired) electrons. The van der Waals surface area contributed by atoms with Crippen molar-refractivity contribution in [3.63, 3.8) is 0 Å². The van der Waals surface area contributed by atoms with Gasteiger partial charge in [-0.1, -0.05) is 6.92 Å². The number of aryl methyl sites for hydroxylation is 1. The van der Waals surface area contributed by atoms with E-state index in [9.17, 15) is 0 Å². The van der Waals surface area contributed by atoms with Gasteiger partial charge in [0.05, 0.1) is 13.1 Å². The average molecular weight is 181 g/mol. The molecule has 1 aromatic heterocycles. The Morgan fingerprint density at radius 1 is 1.46 bits per heavy atom. The first kappa shape index (κ1) is 8.62. The van der Waals surface area contributed by atoms with Crippen molar-refractivity contribution in [3.05, 3.63) is 5.82 Å². The van der Waals surface area contributed by atoms with Crippen LogP contribution in [0.4, 0.5) is 0 Å². The second-order valence-corrected chi connectivity index (χ2v) is 3.78. The van der Waals surface area contributed by atoms with Crippen molar-refractivity contribution >= 4 is 0 Å². The van der Waals surface area contributed by atoms with Gasteiger partial charge in [-0.3, -0.25) is 0 Å². The molecule has 5 nitrogen and oxygen atoms in total. The highest BCUT2D eigenvalue weighted by molar-refractivity contribution is 4.92. The molecule has 0 saturated carbocycles. The summed E-state index contributed by atoms with van der Waals surface area (Å²) in [4.78, 5) is 1.51. The molecule has 1 aliphatic heterocycles. The first-order chi connectivity index (χ1) is 6.25. The van der Waals surface area contributed by atoms with Crippen molar-refractivity contribution in [2.75, 3.05) is 6.54 Å². The Labute approximate surface area is 77.5 Å². The SMILES string of the molecule is CC1CCC(c2nnn(C)n2)NC1. The van der Waals surface area contributed by atoms with E-state index in [0.717, 1.165) is 24.7 Å². The maximum absolute atomic E-state index is 4.19. The Balaban J connectivity index is 2.02. The molecule has 13 heavy (non-hydrogen) atoms. The second kappa shape index (κ2) is 3.41. The molecule has 1 saturated heterocycles. The quantitative estimate of drug-likeness (QED) is 0.675. The summed E-state index contributed by atoms with van der Waals surface area (Å²) in [5.41, 5.74) is 0. The molecule has 5 heteroatoms. The van der Waals surface area contributed by atoms with Crippen molar-refractivity contribution < 1.29 is 0 Å². The van der Waals surface area contributed by atoms with Gasteiger partial charge in [0.25, 0.3) is 0 Å². The maximum Gasteiger partial charge on any atom is 0.191 e. The smallest absolute Gasteiger partial charge is 0.191 e. The van der Waals surface area contributed by atoms with Crippen LogP contribution < -0.4 is 5.32 Å². The molecule has 2 rings (SSSR count). The minimum atomic E-state index is 0.310. The summed E-state index contributed by atoms with van der Waals surface area (Å²) in [5, 5.41) is 15.4. The van der Waals surface area contributed by atoms with E-state index in [1.54, 1.807) is 7.05 Å². The molecule has 0 amide bonds. The summed E-state index contributed by atoms with van der Waals surface area (Å²) in [6, 6.07) is 0.310. The number of aromatic nitrogens is 4. The molecular formula is C8H15N5. The molecule has 2 atom stereocenters. The van der Waals surface area contributed by atoms with Crippen molar-refractivity contribution in [2.45, 2.75) is 25.8 Å². The molecule has 0 aliphatic carbocycles. The number of tetrazole rings is 1. The van der Waals surface area contributed by atoms with Crippen LogP contribution in [0.25, 0.3) is 0 Å². The average Bonchev–Trinajstić information content (AvgIpc) is 2.53. The number of nitrogens with one attached hydrogen (secondary N) is 1. The Bertz CT molecular complexity index is 274. The standard InChI is InChI=1S/C8H15N5/c1-6-3-4-7(9-5-6)8-10-12-13(2)11-8/h6-7,9H,3-5H2,1-2H3. The van der Waals surface area contributed by atoms with E-state index < -0.39 is 0 Å². The van der Waals surface area contributed by atoms with Crippen LogP contribution in [0.5, 0.6) is 0 Å². The normalized spacial score (nSPS) is 29.1. The number of hydrogen-bond donors (Lipinski definition) is 1.